The minimum absolute atomic E-state index is 0.985. The molecule has 10 rings (SSSR count). The van der Waals surface area contributed by atoms with Crippen molar-refractivity contribution < 1.29 is 0 Å². The van der Waals surface area contributed by atoms with E-state index in [1.807, 2.05) is 17.4 Å². The third-order valence-electron chi connectivity index (χ3n) is 11.2. The fourth-order valence-corrected chi connectivity index (χ4v) is 9.45. The van der Waals surface area contributed by atoms with Crippen LogP contribution in [0.15, 0.2) is 225 Å². The van der Waals surface area contributed by atoms with Crippen LogP contribution in [0.1, 0.15) is 12.5 Å². The highest BCUT2D eigenvalue weighted by Crippen LogP contribution is 2.42. The molecule has 0 bridgehead atoms. The Morgan fingerprint density at radius 2 is 1.07 bits per heavy atom. The van der Waals surface area contributed by atoms with Gasteiger partial charge in [0.2, 0.25) is 0 Å². The summed E-state index contributed by atoms with van der Waals surface area (Å²) in [6.07, 6.45) is 6.28. The normalized spacial score (nSPS) is 12.2. The third-order valence-corrected chi connectivity index (χ3v) is 12.4. The van der Waals surface area contributed by atoms with E-state index >= 15 is 0 Å². The lowest BCUT2D eigenvalue weighted by molar-refractivity contribution is 1.20. The molecule has 2 aromatic heterocycles. The SMILES string of the molecule is C=C/C(=C\C=C(/C)c1ccccc1)N(c1ccc(-c2ccccc2)cc1)c1ccc(-c2ccc3c(c2)c2ccccc2n3-c2cccc3c2sc2ccccc23)cc1. The minimum Gasteiger partial charge on any atom is -0.311 e. The van der Waals surface area contributed by atoms with Crippen LogP contribution in [-0.2, 0) is 0 Å². The summed E-state index contributed by atoms with van der Waals surface area (Å²) in [7, 11) is 0. The predicted octanol–water partition coefficient (Wildman–Crippen LogP) is 15.8. The third kappa shape index (κ3) is 6.32. The first-order valence-corrected chi connectivity index (χ1v) is 20.5. The Bertz CT molecular complexity index is 3160. The summed E-state index contributed by atoms with van der Waals surface area (Å²) in [4.78, 5) is 2.28. The maximum atomic E-state index is 4.28. The van der Waals surface area contributed by atoms with Gasteiger partial charge in [-0.15, -0.1) is 11.3 Å². The van der Waals surface area contributed by atoms with E-state index in [4.69, 9.17) is 0 Å². The predicted molar refractivity (Wildman–Crippen MR) is 251 cm³/mol. The summed E-state index contributed by atoms with van der Waals surface area (Å²) in [6, 6.07) is 69.9. The van der Waals surface area contributed by atoms with Crippen molar-refractivity contribution in [2.45, 2.75) is 6.92 Å². The molecule has 0 fully saturated rings. The van der Waals surface area contributed by atoms with E-state index in [1.165, 1.54) is 75.5 Å². The Morgan fingerprint density at radius 3 is 1.79 bits per heavy atom. The van der Waals surface area contributed by atoms with Gasteiger partial charge in [-0.2, -0.15) is 0 Å². The maximum Gasteiger partial charge on any atom is 0.0640 e. The summed E-state index contributed by atoms with van der Waals surface area (Å²) in [5, 5.41) is 5.11. The van der Waals surface area contributed by atoms with E-state index < -0.39 is 0 Å². The molecule has 0 radical (unpaired) electrons. The van der Waals surface area contributed by atoms with Gasteiger partial charge in [-0.1, -0.05) is 152 Å². The highest BCUT2D eigenvalue weighted by Gasteiger charge is 2.18. The number of fused-ring (bicyclic) bond motifs is 6. The Kier molecular flexibility index (Phi) is 9.14. The first-order chi connectivity index (χ1) is 28.6. The second-order valence-corrected chi connectivity index (χ2v) is 15.7. The molecule has 2 nitrogen and oxygen atoms in total. The summed E-state index contributed by atoms with van der Waals surface area (Å²) < 4.78 is 5.07. The van der Waals surface area contributed by atoms with Gasteiger partial charge in [-0.05, 0) is 107 Å². The molecule has 8 aromatic carbocycles. The molecule has 276 valence electrons. The lowest BCUT2D eigenvalue weighted by atomic mass is 10.0. The van der Waals surface area contributed by atoms with E-state index in [2.05, 4.69) is 229 Å². The zero-order chi connectivity index (χ0) is 39.0. The maximum absolute atomic E-state index is 4.28. The molecule has 0 amide bonds. The molecule has 0 atom stereocenters. The Labute approximate surface area is 343 Å². The topological polar surface area (TPSA) is 8.17 Å². The molecule has 0 saturated carbocycles. The van der Waals surface area contributed by atoms with Crippen LogP contribution in [0.3, 0.4) is 0 Å². The van der Waals surface area contributed by atoms with Crippen LogP contribution in [0.5, 0.6) is 0 Å². The van der Waals surface area contributed by atoms with Crippen molar-refractivity contribution in [1.82, 2.24) is 4.57 Å². The Balaban J connectivity index is 1.05. The standard InChI is InChI=1S/C55H40N2S/c1-3-44(31-25-38(2)39-15-6-4-7-16-39)56(45-32-26-41(27-33-45)40-17-8-5-9-18-40)46-34-28-42(29-35-46)43-30-36-52-50(37-43)47-19-10-12-22-51(47)57(52)53-23-14-21-49-48-20-11-13-24-54(48)58-55(49)53/h3-37H,1H2,2H3/b38-25+,44-31+. The number of hydrogen-bond donors (Lipinski definition) is 0. The number of hydrogen-bond acceptors (Lipinski definition) is 2. The highest BCUT2D eigenvalue weighted by atomic mass is 32.1. The summed E-state index contributed by atoms with van der Waals surface area (Å²) in [5.74, 6) is 0. The van der Waals surface area contributed by atoms with Crippen LogP contribution < -0.4 is 4.90 Å². The van der Waals surface area contributed by atoms with Gasteiger partial charge in [0.05, 0.1) is 21.4 Å². The van der Waals surface area contributed by atoms with Crippen LogP contribution in [0.4, 0.5) is 11.4 Å². The summed E-state index contributed by atoms with van der Waals surface area (Å²) in [5.41, 5.74) is 13.9. The number of thiophene rings is 1. The zero-order valence-corrected chi connectivity index (χ0v) is 33.0. The lowest BCUT2D eigenvalue weighted by Gasteiger charge is -2.27. The van der Waals surface area contributed by atoms with Crippen LogP contribution in [0.25, 0.3) is 75.5 Å². The monoisotopic (exact) mass is 760 g/mol. The highest BCUT2D eigenvalue weighted by molar-refractivity contribution is 7.26. The molecular formula is C55H40N2S. The van der Waals surface area contributed by atoms with Crippen molar-refractivity contribution >= 4 is 70.3 Å². The van der Waals surface area contributed by atoms with Gasteiger partial charge < -0.3 is 9.47 Å². The average molecular weight is 761 g/mol. The van der Waals surface area contributed by atoms with E-state index in [-0.39, 0.29) is 0 Å². The van der Waals surface area contributed by atoms with Crippen molar-refractivity contribution in [3.63, 3.8) is 0 Å². The lowest BCUT2D eigenvalue weighted by Crippen LogP contribution is -2.15. The van der Waals surface area contributed by atoms with Crippen molar-refractivity contribution in [2.24, 2.45) is 0 Å². The molecule has 58 heavy (non-hydrogen) atoms. The van der Waals surface area contributed by atoms with Gasteiger partial charge in [0.15, 0.2) is 0 Å². The largest absolute Gasteiger partial charge is 0.311 e. The zero-order valence-electron chi connectivity index (χ0n) is 32.2. The molecule has 3 heteroatoms. The van der Waals surface area contributed by atoms with Crippen LogP contribution in [-0.4, -0.2) is 4.57 Å². The number of para-hydroxylation sites is 1. The number of anilines is 2. The van der Waals surface area contributed by atoms with E-state index in [9.17, 15) is 0 Å². The number of nitrogens with zero attached hydrogens (tertiary/aromatic N) is 2. The smallest absolute Gasteiger partial charge is 0.0640 e. The molecule has 0 unspecified atom stereocenters. The van der Waals surface area contributed by atoms with Crippen LogP contribution in [0.2, 0.25) is 0 Å². The second kappa shape index (κ2) is 15.0. The van der Waals surface area contributed by atoms with Crippen molar-refractivity contribution in [1.29, 1.82) is 0 Å². The number of rotatable bonds is 9. The second-order valence-electron chi connectivity index (χ2n) is 14.6. The van der Waals surface area contributed by atoms with Gasteiger partial charge in [0.25, 0.3) is 0 Å². The molecule has 2 heterocycles. The van der Waals surface area contributed by atoms with E-state index in [0.29, 0.717) is 0 Å². The van der Waals surface area contributed by atoms with Crippen LogP contribution >= 0.6 is 11.3 Å². The summed E-state index contributed by atoms with van der Waals surface area (Å²) in [6.45, 7) is 6.43. The number of aromatic nitrogens is 1. The molecule has 0 N–H and O–H groups in total. The van der Waals surface area contributed by atoms with Gasteiger partial charge in [0, 0.05) is 43.3 Å². The van der Waals surface area contributed by atoms with Crippen molar-refractivity contribution in [2.75, 3.05) is 4.90 Å². The van der Waals surface area contributed by atoms with Crippen molar-refractivity contribution in [3.05, 3.63) is 230 Å². The molecule has 0 aliphatic carbocycles. The van der Waals surface area contributed by atoms with Gasteiger partial charge in [-0.25, -0.2) is 0 Å². The van der Waals surface area contributed by atoms with E-state index in [0.717, 1.165) is 22.6 Å². The summed E-state index contributed by atoms with van der Waals surface area (Å²) >= 11 is 1.87. The van der Waals surface area contributed by atoms with E-state index in [1.54, 1.807) is 0 Å². The fourth-order valence-electron chi connectivity index (χ4n) is 8.25. The molecule has 0 aliphatic rings. The number of allylic oxidation sites excluding steroid dienone is 4. The molecule has 0 saturated heterocycles. The minimum atomic E-state index is 0.985. The van der Waals surface area contributed by atoms with Gasteiger partial charge in [0.1, 0.15) is 0 Å². The Morgan fingerprint density at radius 1 is 0.500 bits per heavy atom. The quantitative estimate of drug-likeness (QED) is 0.133. The average Bonchev–Trinajstić information content (AvgIpc) is 3.84. The Hall–Kier alpha value is -7.20. The molecule has 0 aliphatic heterocycles. The first-order valence-electron chi connectivity index (χ1n) is 19.7. The van der Waals surface area contributed by atoms with Crippen molar-refractivity contribution in [3.8, 4) is 27.9 Å². The number of benzene rings is 8. The fraction of sp³-hybridized carbons (Fsp3) is 0.0182. The van der Waals surface area contributed by atoms with Gasteiger partial charge >= 0.3 is 0 Å². The molecular weight excluding hydrogens is 721 g/mol. The van der Waals surface area contributed by atoms with Crippen LogP contribution in [0, 0.1) is 0 Å². The first kappa shape index (κ1) is 35.2. The van der Waals surface area contributed by atoms with Gasteiger partial charge in [-0.3, -0.25) is 0 Å². The molecule has 10 aromatic rings. The molecule has 0 spiro atoms.